The molecule has 0 aliphatic heterocycles. The van der Waals surface area contributed by atoms with E-state index in [0.717, 1.165) is 16.3 Å². The topological polar surface area (TPSA) is 62.1 Å². The van der Waals surface area contributed by atoms with Crippen molar-refractivity contribution in [2.24, 2.45) is 0 Å². The van der Waals surface area contributed by atoms with E-state index in [9.17, 15) is 10.1 Å². The average Bonchev–Trinajstić information content (AvgIpc) is 2.51. The van der Waals surface area contributed by atoms with Crippen LogP contribution < -0.4 is 10.1 Å². The summed E-state index contributed by atoms with van der Waals surface area (Å²) in [6, 6.07) is 13.5. The molecule has 0 heterocycles. The molecule has 0 atom stereocenters. The number of hydrogen-bond donors (Lipinski definition) is 1. The fourth-order valence-electron chi connectivity index (χ4n) is 2.24. The predicted molar refractivity (Wildman–Crippen MR) is 87.4 cm³/mol. The number of benzene rings is 2. The minimum absolute atomic E-state index is 0.0290. The quantitative estimate of drug-likeness (QED) is 0.695. The number of carbonyl (C=O) groups is 1. The van der Waals surface area contributed by atoms with Gasteiger partial charge in [0.2, 0.25) is 0 Å². The van der Waals surface area contributed by atoms with Gasteiger partial charge in [-0.15, -0.1) is 0 Å². The summed E-state index contributed by atoms with van der Waals surface area (Å²) >= 11 is 0. The van der Waals surface area contributed by atoms with Crippen LogP contribution in [-0.2, 0) is 4.79 Å². The molecule has 0 fully saturated rings. The molecule has 0 radical (unpaired) electrons. The summed E-state index contributed by atoms with van der Waals surface area (Å²) in [5, 5.41) is 14.0. The van der Waals surface area contributed by atoms with Gasteiger partial charge in [0.25, 0.3) is 5.91 Å². The third-order valence-corrected chi connectivity index (χ3v) is 3.22. The summed E-state index contributed by atoms with van der Waals surface area (Å²) < 4.78 is 5.37. The molecule has 0 aliphatic carbocycles. The third-order valence-electron chi connectivity index (χ3n) is 3.22. The maximum Gasteiger partial charge on any atom is 0.262 e. The molecule has 0 aromatic heterocycles. The Bertz CT molecular complexity index is 770. The van der Waals surface area contributed by atoms with Gasteiger partial charge in [0, 0.05) is 11.6 Å². The van der Waals surface area contributed by atoms with Gasteiger partial charge in [-0.3, -0.25) is 4.79 Å². The summed E-state index contributed by atoms with van der Waals surface area (Å²) in [4.78, 5) is 12.1. The highest BCUT2D eigenvalue weighted by Crippen LogP contribution is 2.30. The molecular formula is C18H18N2O2. The van der Waals surface area contributed by atoms with E-state index in [0.29, 0.717) is 5.75 Å². The summed E-state index contributed by atoms with van der Waals surface area (Å²) in [6.07, 6.45) is 1.58. The van der Waals surface area contributed by atoms with Gasteiger partial charge in [-0.05, 0) is 36.8 Å². The van der Waals surface area contributed by atoms with Crippen LogP contribution >= 0.6 is 0 Å². The molecule has 2 aromatic carbocycles. The number of rotatable bonds is 4. The molecule has 0 unspecified atom stereocenters. The second-order valence-corrected chi connectivity index (χ2v) is 5.20. The van der Waals surface area contributed by atoms with Crippen LogP contribution in [0.3, 0.4) is 0 Å². The van der Waals surface area contributed by atoms with Crippen molar-refractivity contribution in [3.63, 3.8) is 0 Å². The molecule has 1 N–H and O–H groups in total. The maximum atomic E-state index is 12.1. The van der Waals surface area contributed by atoms with Crippen LogP contribution in [0.5, 0.6) is 5.75 Å². The van der Waals surface area contributed by atoms with E-state index in [1.807, 2.05) is 56.3 Å². The third kappa shape index (κ3) is 3.26. The number of nitriles is 1. The van der Waals surface area contributed by atoms with E-state index >= 15 is 0 Å². The number of carbonyl (C=O) groups excluding carboxylic acids is 1. The second-order valence-electron chi connectivity index (χ2n) is 5.20. The number of amides is 1. The van der Waals surface area contributed by atoms with Gasteiger partial charge in [0.1, 0.15) is 17.4 Å². The minimum Gasteiger partial charge on any atom is -0.496 e. The zero-order chi connectivity index (χ0) is 16.1. The summed E-state index contributed by atoms with van der Waals surface area (Å²) in [5.74, 6) is 0.247. The largest absolute Gasteiger partial charge is 0.496 e. The van der Waals surface area contributed by atoms with Gasteiger partial charge in [-0.2, -0.15) is 5.26 Å². The van der Waals surface area contributed by atoms with Crippen molar-refractivity contribution >= 4 is 22.8 Å². The average molecular weight is 294 g/mol. The number of methoxy groups -OCH3 is 1. The summed E-state index contributed by atoms with van der Waals surface area (Å²) in [5.41, 5.74) is 0.791. The first kappa shape index (κ1) is 15.6. The Kier molecular flexibility index (Phi) is 4.80. The van der Waals surface area contributed by atoms with E-state index in [4.69, 9.17) is 4.74 Å². The van der Waals surface area contributed by atoms with Crippen molar-refractivity contribution in [2.75, 3.05) is 7.11 Å². The molecule has 1 amide bonds. The van der Waals surface area contributed by atoms with Gasteiger partial charge >= 0.3 is 0 Å². The van der Waals surface area contributed by atoms with Crippen LogP contribution in [0.4, 0.5) is 0 Å². The van der Waals surface area contributed by atoms with Crippen molar-refractivity contribution in [3.8, 4) is 11.8 Å². The van der Waals surface area contributed by atoms with Gasteiger partial charge in [0.15, 0.2) is 0 Å². The Balaban J connectivity index is 2.59. The lowest BCUT2D eigenvalue weighted by molar-refractivity contribution is -0.117. The Labute approximate surface area is 130 Å². The van der Waals surface area contributed by atoms with E-state index in [1.165, 1.54) is 0 Å². The molecule has 4 nitrogen and oxygen atoms in total. The molecule has 2 aromatic rings. The number of hydrogen-bond acceptors (Lipinski definition) is 3. The predicted octanol–water partition coefficient (Wildman–Crippen LogP) is 3.28. The monoisotopic (exact) mass is 294 g/mol. The summed E-state index contributed by atoms with van der Waals surface area (Å²) in [7, 11) is 1.57. The summed E-state index contributed by atoms with van der Waals surface area (Å²) in [6.45, 7) is 3.71. The normalized spacial score (nSPS) is 11.3. The van der Waals surface area contributed by atoms with E-state index in [-0.39, 0.29) is 17.5 Å². The number of nitrogens with zero attached hydrogens (tertiary/aromatic N) is 1. The van der Waals surface area contributed by atoms with Gasteiger partial charge < -0.3 is 10.1 Å². The molecule has 0 saturated carbocycles. The fraction of sp³-hybridized carbons (Fsp3) is 0.222. The van der Waals surface area contributed by atoms with Crippen LogP contribution in [-0.4, -0.2) is 19.1 Å². The molecule has 0 bridgehead atoms. The molecule has 2 rings (SSSR count). The number of fused-ring (bicyclic) bond motifs is 1. The highest BCUT2D eigenvalue weighted by molar-refractivity contribution is 6.05. The maximum absolute atomic E-state index is 12.1. The lowest BCUT2D eigenvalue weighted by Gasteiger charge is -2.11. The van der Waals surface area contributed by atoms with Gasteiger partial charge in [-0.1, -0.05) is 30.3 Å². The van der Waals surface area contributed by atoms with Crippen LogP contribution in [0.1, 0.15) is 19.4 Å². The standard InChI is InChI=1S/C18H18N2O2/c1-12(2)20-18(21)14(11-19)10-16-15-7-5-4-6-13(15)8-9-17(16)22-3/h4-10,12H,1-3H3,(H,20,21)/b14-10-. The first-order valence-electron chi connectivity index (χ1n) is 7.05. The Morgan fingerprint density at radius 2 is 2.00 bits per heavy atom. The highest BCUT2D eigenvalue weighted by atomic mass is 16.5. The van der Waals surface area contributed by atoms with E-state index < -0.39 is 0 Å². The van der Waals surface area contributed by atoms with Crippen LogP contribution in [0.25, 0.3) is 16.8 Å². The number of nitrogens with one attached hydrogen (secondary N) is 1. The van der Waals surface area contributed by atoms with Crippen molar-refractivity contribution in [1.29, 1.82) is 5.26 Å². The fourth-order valence-corrected chi connectivity index (χ4v) is 2.24. The Morgan fingerprint density at radius 1 is 1.27 bits per heavy atom. The first-order valence-corrected chi connectivity index (χ1v) is 7.05. The molecule has 22 heavy (non-hydrogen) atoms. The molecule has 112 valence electrons. The Morgan fingerprint density at radius 3 is 2.64 bits per heavy atom. The molecule has 0 spiro atoms. The molecule has 0 aliphatic rings. The molecular weight excluding hydrogens is 276 g/mol. The van der Waals surface area contributed by atoms with Crippen molar-refractivity contribution in [3.05, 3.63) is 47.5 Å². The molecule has 0 saturated heterocycles. The second kappa shape index (κ2) is 6.77. The SMILES string of the molecule is COc1ccc2ccccc2c1/C=C(/C#N)C(=O)NC(C)C. The lowest BCUT2D eigenvalue weighted by Crippen LogP contribution is -2.30. The number of ether oxygens (including phenoxy) is 1. The first-order chi connectivity index (χ1) is 10.6. The Hall–Kier alpha value is -2.80. The lowest BCUT2D eigenvalue weighted by atomic mass is 10.0. The zero-order valence-electron chi connectivity index (χ0n) is 12.9. The van der Waals surface area contributed by atoms with Gasteiger partial charge in [0.05, 0.1) is 7.11 Å². The van der Waals surface area contributed by atoms with Crippen LogP contribution in [0.15, 0.2) is 42.0 Å². The van der Waals surface area contributed by atoms with Crippen molar-refractivity contribution in [1.82, 2.24) is 5.32 Å². The van der Waals surface area contributed by atoms with Crippen molar-refractivity contribution < 1.29 is 9.53 Å². The smallest absolute Gasteiger partial charge is 0.262 e. The highest BCUT2D eigenvalue weighted by Gasteiger charge is 2.13. The minimum atomic E-state index is -0.382. The van der Waals surface area contributed by atoms with E-state index in [1.54, 1.807) is 13.2 Å². The van der Waals surface area contributed by atoms with Crippen LogP contribution in [0, 0.1) is 11.3 Å². The van der Waals surface area contributed by atoms with Crippen LogP contribution in [0.2, 0.25) is 0 Å². The van der Waals surface area contributed by atoms with Gasteiger partial charge in [-0.25, -0.2) is 0 Å². The molecule has 4 heteroatoms. The zero-order valence-corrected chi connectivity index (χ0v) is 12.9. The van der Waals surface area contributed by atoms with E-state index in [2.05, 4.69) is 5.32 Å². The van der Waals surface area contributed by atoms with Crippen molar-refractivity contribution in [2.45, 2.75) is 19.9 Å².